The maximum Gasteiger partial charge on any atom is 0.305 e. The van der Waals surface area contributed by atoms with Crippen molar-refractivity contribution in [2.24, 2.45) is 5.92 Å². The number of methoxy groups -OCH3 is 1. The van der Waals surface area contributed by atoms with E-state index in [9.17, 15) is 18.8 Å². The van der Waals surface area contributed by atoms with Gasteiger partial charge in [-0.05, 0) is 49.9 Å². The van der Waals surface area contributed by atoms with Gasteiger partial charge in [0, 0.05) is 24.6 Å². The number of hydrogen-bond donors (Lipinski definition) is 0. The van der Waals surface area contributed by atoms with Crippen LogP contribution in [0.1, 0.15) is 36.8 Å². The summed E-state index contributed by atoms with van der Waals surface area (Å²) >= 11 is 0. The first-order chi connectivity index (χ1) is 14.5. The van der Waals surface area contributed by atoms with Gasteiger partial charge in [0.15, 0.2) is 0 Å². The second-order valence-electron chi connectivity index (χ2n) is 7.82. The summed E-state index contributed by atoms with van der Waals surface area (Å²) < 4.78 is 33.0. The predicted octanol–water partition coefficient (Wildman–Crippen LogP) is 4.59. The number of piperidine rings is 1. The molecule has 0 spiro atoms. The van der Waals surface area contributed by atoms with Crippen LogP contribution in [0.2, 0.25) is 0 Å². The van der Waals surface area contributed by atoms with E-state index in [-0.39, 0.29) is 24.3 Å². The Kier molecular flexibility index (Phi) is 7.17. The van der Waals surface area contributed by atoms with Gasteiger partial charge >= 0.3 is 5.97 Å². The first kappa shape index (κ1) is 21.9. The van der Waals surface area contributed by atoms with Gasteiger partial charge in [0.2, 0.25) is 0 Å². The third kappa shape index (κ3) is 4.85. The zero-order valence-corrected chi connectivity index (χ0v) is 17.1. The predicted molar refractivity (Wildman–Crippen MR) is 109 cm³/mol. The highest BCUT2D eigenvalue weighted by molar-refractivity contribution is 5.69. The molecule has 158 valence electrons. The third-order valence-electron chi connectivity index (χ3n) is 6.10. The highest BCUT2D eigenvalue weighted by atomic mass is 19.1. The van der Waals surface area contributed by atoms with E-state index in [1.165, 1.54) is 24.8 Å². The number of nitrogens with zero attached hydrogens (tertiary/aromatic N) is 2. The molecule has 0 radical (unpaired) electrons. The number of esters is 1. The average Bonchev–Trinajstić information content (AvgIpc) is 2.76. The van der Waals surface area contributed by atoms with Crippen LogP contribution in [0.4, 0.5) is 8.78 Å². The second-order valence-corrected chi connectivity index (χ2v) is 7.82. The molecule has 1 aliphatic rings. The fourth-order valence-electron chi connectivity index (χ4n) is 4.44. The van der Waals surface area contributed by atoms with Crippen molar-refractivity contribution in [2.75, 3.05) is 20.2 Å². The number of ether oxygens (including phenoxy) is 1. The number of halogens is 2. The smallest absolute Gasteiger partial charge is 0.305 e. The summed E-state index contributed by atoms with van der Waals surface area (Å²) in [5.74, 6) is -2.01. The van der Waals surface area contributed by atoms with Crippen molar-refractivity contribution in [3.8, 4) is 6.07 Å². The molecule has 4 nitrogen and oxygen atoms in total. The Labute approximate surface area is 176 Å². The lowest BCUT2D eigenvalue weighted by atomic mass is 9.65. The van der Waals surface area contributed by atoms with E-state index >= 15 is 0 Å². The summed E-state index contributed by atoms with van der Waals surface area (Å²) in [6, 6.07) is 15.8. The first-order valence-electron chi connectivity index (χ1n) is 10.2. The van der Waals surface area contributed by atoms with Crippen LogP contribution < -0.4 is 0 Å². The Morgan fingerprint density at radius 1 is 1.20 bits per heavy atom. The summed E-state index contributed by atoms with van der Waals surface area (Å²) in [5, 5.41) is 10.2. The minimum absolute atomic E-state index is 0.00507. The van der Waals surface area contributed by atoms with E-state index in [4.69, 9.17) is 4.74 Å². The standard InChI is InChI=1S/C24H26F2N2O2/c1-30-23(29)9-12-24(17-27,21-8-7-20(25)15-22(21)26)19-10-13-28(14-11-19)16-18-5-3-2-4-6-18/h2-8,15,19H,9-14,16H2,1H3. The van der Waals surface area contributed by atoms with Crippen LogP contribution >= 0.6 is 0 Å². The number of hydrogen-bond acceptors (Lipinski definition) is 4. The van der Waals surface area contributed by atoms with Crippen LogP contribution in [-0.4, -0.2) is 31.1 Å². The van der Waals surface area contributed by atoms with Gasteiger partial charge in [-0.15, -0.1) is 0 Å². The van der Waals surface area contributed by atoms with Gasteiger partial charge in [-0.25, -0.2) is 8.78 Å². The second kappa shape index (κ2) is 9.82. The number of benzene rings is 2. The van der Waals surface area contributed by atoms with E-state index in [1.807, 2.05) is 18.2 Å². The Bertz CT molecular complexity index is 905. The van der Waals surface area contributed by atoms with E-state index in [1.54, 1.807) is 0 Å². The lowest BCUT2D eigenvalue weighted by Crippen LogP contribution is -2.43. The zero-order valence-electron chi connectivity index (χ0n) is 17.1. The lowest BCUT2D eigenvalue weighted by Gasteiger charge is -2.41. The van der Waals surface area contributed by atoms with Crippen LogP contribution in [0.3, 0.4) is 0 Å². The van der Waals surface area contributed by atoms with Gasteiger partial charge in [0.1, 0.15) is 11.6 Å². The van der Waals surface area contributed by atoms with Crippen molar-refractivity contribution in [2.45, 2.75) is 37.6 Å². The number of rotatable bonds is 7. The van der Waals surface area contributed by atoms with Crippen molar-refractivity contribution >= 4 is 5.97 Å². The highest BCUT2D eigenvalue weighted by Crippen LogP contribution is 2.43. The molecule has 0 aromatic heterocycles. The molecule has 0 amide bonds. The molecule has 3 rings (SSSR count). The van der Waals surface area contributed by atoms with Gasteiger partial charge in [-0.3, -0.25) is 9.69 Å². The third-order valence-corrected chi connectivity index (χ3v) is 6.10. The normalized spacial score (nSPS) is 17.1. The summed E-state index contributed by atoms with van der Waals surface area (Å²) in [5.41, 5.74) is 0.180. The molecule has 30 heavy (non-hydrogen) atoms. The molecule has 1 aliphatic heterocycles. The minimum Gasteiger partial charge on any atom is -0.469 e. The number of likely N-dealkylation sites (tertiary alicyclic amines) is 1. The van der Waals surface area contributed by atoms with Crippen LogP contribution in [0.25, 0.3) is 0 Å². The zero-order chi connectivity index (χ0) is 21.6. The van der Waals surface area contributed by atoms with E-state index in [0.717, 1.165) is 25.7 Å². The van der Waals surface area contributed by atoms with Crippen molar-refractivity contribution in [3.63, 3.8) is 0 Å². The van der Waals surface area contributed by atoms with Crippen LogP contribution in [0, 0.1) is 28.9 Å². The summed E-state index contributed by atoms with van der Waals surface area (Å²) in [4.78, 5) is 14.1. The topological polar surface area (TPSA) is 53.3 Å². The molecule has 0 aliphatic carbocycles. The fourth-order valence-corrected chi connectivity index (χ4v) is 4.44. The van der Waals surface area contributed by atoms with Gasteiger partial charge < -0.3 is 4.74 Å². The van der Waals surface area contributed by atoms with Crippen molar-refractivity contribution in [1.29, 1.82) is 5.26 Å². The Morgan fingerprint density at radius 3 is 2.50 bits per heavy atom. The lowest BCUT2D eigenvalue weighted by molar-refractivity contribution is -0.141. The molecule has 2 aromatic carbocycles. The molecule has 0 bridgehead atoms. The molecule has 0 N–H and O–H groups in total. The summed E-state index contributed by atoms with van der Waals surface area (Å²) in [6.45, 7) is 2.36. The first-order valence-corrected chi connectivity index (χ1v) is 10.2. The molecule has 1 atom stereocenters. The maximum atomic E-state index is 14.7. The van der Waals surface area contributed by atoms with E-state index in [2.05, 4.69) is 23.1 Å². The number of carbonyl (C=O) groups excluding carboxylic acids is 1. The molecule has 6 heteroatoms. The Balaban J connectivity index is 1.82. The van der Waals surface area contributed by atoms with Crippen molar-refractivity contribution in [3.05, 3.63) is 71.3 Å². The van der Waals surface area contributed by atoms with Crippen LogP contribution in [0.5, 0.6) is 0 Å². The van der Waals surface area contributed by atoms with Crippen LogP contribution in [0.15, 0.2) is 48.5 Å². The quantitative estimate of drug-likeness (QED) is 0.624. The number of carbonyl (C=O) groups is 1. The fraction of sp³-hybridized carbons (Fsp3) is 0.417. The molecule has 1 heterocycles. The Morgan fingerprint density at radius 2 is 1.90 bits per heavy atom. The molecule has 1 saturated heterocycles. The molecule has 1 unspecified atom stereocenters. The SMILES string of the molecule is COC(=O)CCC(C#N)(c1ccc(F)cc1F)C1CCN(Cc2ccccc2)CC1. The van der Waals surface area contributed by atoms with Gasteiger partial charge in [0.05, 0.1) is 18.6 Å². The van der Waals surface area contributed by atoms with E-state index < -0.39 is 23.0 Å². The molecule has 1 fully saturated rings. The van der Waals surface area contributed by atoms with E-state index in [0.29, 0.717) is 12.8 Å². The summed E-state index contributed by atoms with van der Waals surface area (Å²) in [7, 11) is 1.29. The van der Waals surface area contributed by atoms with Gasteiger partial charge in [-0.1, -0.05) is 36.4 Å². The molecular weight excluding hydrogens is 386 g/mol. The number of nitriles is 1. The highest BCUT2D eigenvalue weighted by Gasteiger charge is 2.44. The van der Waals surface area contributed by atoms with Crippen LogP contribution in [-0.2, 0) is 21.5 Å². The molecule has 0 saturated carbocycles. The summed E-state index contributed by atoms with van der Waals surface area (Å²) in [6.07, 6.45) is 1.53. The maximum absolute atomic E-state index is 14.7. The largest absolute Gasteiger partial charge is 0.469 e. The van der Waals surface area contributed by atoms with Crippen molar-refractivity contribution < 1.29 is 18.3 Å². The molecular formula is C24H26F2N2O2. The van der Waals surface area contributed by atoms with Crippen molar-refractivity contribution in [1.82, 2.24) is 4.90 Å². The van der Waals surface area contributed by atoms with Gasteiger partial charge in [-0.2, -0.15) is 5.26 Å². The van der Waals surface area contributed by atoms with Gasteiger partial charge in [0.25, 0.3) is 0 Å². The minimum atomic E-state index is -1.20. The average molecular weight is 412 g/mol. The molecule has 2 aromatic rings. The Hall–Kier alpha value is -2.78. The monoisotopic (exact) mass is 412 g/mol.